The zero-order chi connectivity index (χ0) is 64.6. The predicted octanol–water partition coefficient (Wildman–Crippen LogP) is 19.6. The molecule has 1 fully saturated rings. The van der Waals surface area contributed by atoms with Crippen LogP contribution in [0.4, 0.5) is 0 Å². The number of amides is 4. The van der Waals surface area contributed by atoms with Gasteiger partial charge in [0.05, 0.1) is 43.8 Å². The van der Waals surface area contributed by atoms with E-state index < -0.39 is 10.1 Å². The van der Waals surface area contributed by atoms with Gasteiger partial charge in [-0.05, 0) is 65.5 Å². The van der Waals surface area contributed by atoms with E-state index in [1.165, 1.54) is 263 Å². The Bertz CT molecular complexity index is 1800. The largest absolute Gasteiger partial charge is 0.744 e. The van der Waals surface area contributed by atoms with Gasteiger partial charge in [-0.2, -0.15) is 0 Å². The number of carbonyl (C=O) groups excluding carboxylic acids is 4. The van der Waals surface area contributed by atoms with Crippen molar-refractivity contribution < 1.29 is 36.6 Å². The number of unbranched alkanes of at least 4 members (excludes halogenated alkanes) is 39. The van der Waals surface area contributed by atoms with Crippen LogP contribution in [0.25, 0.3) is 0 Å². The Morgan fingerprint density at radius 2 is 0.693 bits per heavy atom. The van der Waals surface area contributed by atoms with Crippen LogP contribution in [0.5, 0.6) is 0 Å². The van der Waals surface area contributed by atoms with E-state index >= 15 is 0 Å². The molecule has 1 aromatic rings. The third-order valence-corrected chi connectivity index (χ3v) is 19.4. The number of carbonyl (C=O) groups is 4. The second-order valence-corrected chi connectivity index (χ2v) is 28.9. The van der Waals surface area contributed by atoms with Gasteiger partial charge < -0.3 is 25.0 Å². The molecule has 4 amide bonds. The summed E-state index contributed by atoms with van der Waals surface area (Å²) in [5, 5.41) is 9.90. The highest BCUT2D eigenvalue weighted by atomic mass is 32.2. The number of nitrogens with one attached hydrogen (secondary N) is 3. The Morgan fingerprint density at radius 1 is 0.443 bits per heavy atom. The van der Waals surface area contributed by atoms with E-state index in [4.69, 9.17) is 0 Å². The van der Waals surface area contributed by atoms with E-state index in [9.17, 15) is 32.1 Å². The number of nitrogens with zero attached hydrogens (tertiary/aromatic N) is 2. The summed E-state index contributed by atoms with van der Waals surface area (Å²) in [4.78, 5) is 56.1. The first kappa shape index (κ1) is 83.0. The fourth-order valence-electron chi connectivity index (χ4n) is 12.7. The van der Waals surface area contributed by atoms with Gasteiger partial charge in [0.2, 0.25) is 23.6 Å². The molecule has 1 aliphatic rings. The Labute approximate surface area is 543 Å². The first-order chi connectivity index (χ1) is 42.5. The molecule has 514 valence electrons. The van der Waals surface area contributed by atoms with Gasteiger partial charge in [0.15, 0.2) is 6.67 Å². The maximum atomic E-state index is 13.7. The van der Waals surface area contributed by atoms with Crippen LogP contribution in [0, 0.1) is 6.92 Å². The molecular weight excluding hydrogens is 1110 g/mol. The molecule has 3 N–H and O–H groups in total. The molecule has 1 aliphatic heterocycles. The van der Waals surface area contributed by atoms with Gasteiger partial charge >= 0.3 is 0 Å². The van der Waals surface area contributed by atoms with Crippen molar-refractivity contribution in [1.82, 2.24) is 20.9 Å². The molecule has 0 bridgehead atoms. The molecule has 1 heterocycles. The molecule has 0 saturated carbocycles. The highest BCUT2D eigenvalue weighted by molar-refractivity contribution is 7.85. The van der Waals surface area contributed by atoms with Gasteiger partial charge in [0.1, 0.15) is 10.1 Å². The third-order valence-electron chi connectivity index (χ3n) is 18.6. The average molecular weight is 1260 g/mol. The van der Waals surface area contributed by atoms with Crippen molar-refractivity contribution in [3.63, 3.8) is 0 Å². The molecule has 1 aromatic carbocycles. The number of aryl methyl sites for hydroxylation is 1. The van der Waals surface area contributed by atoms with Crippen LogP contribution >= 0.6 is 0 Å². The highest BCUT2D eigenvalue weighted by Crippen LogP contribution is 2.22. The van der Waals surface area contributed by atoms with E-state index in [1.54, 1.807) is 12.1 Å². The minimum atomic E-state index is -4.27. The zero-order valence-electron chi connectivity index (χ0n) is 58.6. The molecule has 88 heavy (non-hydrogen) atoms. The quantitative estimate of drug-likeness (QED) is 0.0332. The summed E-state index contributed by atoms with van der Waals surface area (Å²) in [7, 11) is -4.27. The lowest BCUT2D eigenvalue weighted by atomic mass is 10.0. The lowest BCUT2D eigenvalue weighted by Crippen LogP contribution is -2.58. The minimum Gasteiger partial charge on any atom is -0.744 e. The lowest BCUT2D eigenvalue weighted by molar-refractivity contribution is -0.934. The van der Waals surface area contributed by atoms with E-state index in [-0.39, 0.29) is 46.6 Å². The van der Waals surface area contributed by atoms with Crippen LogP contribution in [-0.4, -0.2) is 97.0 Å². The zero-order valence-corrected chi connectivity index (χ0v) is 59.4. The van der Waals surface area contributed by atoms with Gasteiger partial charge in [-0.1, -0.05) is 308 Å². The summed E-state index contributed by atoms with van der Waals surface area (Å²) < 4.78 is 31.5. The Hall–Kier alpha value is -3.03. The smallest absolute Gasteiger partial charge is 0.226 e. The molecule has 2 rings (SSSR count). The molecule has 12 nitrogen and oxygen atoms in total. The molecule has 3 atom stereocenters. The number of likely N-dealkylation sites (tertiary alicyclic amines) is 1. The Balaban J connectivity index is 0.00000314. The molecule has 0 aromatic heterocycles. The van der Waals surface area contributed by atoms with Crippen LogP contribution in [0.3, 0.4) is 0 Å². The van der Waals surface area contributed by atoms with Crippen molar-refractivity contribution in [2.75, 3.05) is 32.8 Å². The fraction of sp³-hybridized carbons (Fsp3) is 0.867. The minimum absolute atomic E-state index is 0.0237. The molecule has 3 unspecified atom stereocenters. The topological polar surface area (TPSA) is 165 Å². The van der Waals surface area contributed by atoms with Crippen molar-refractivity contribution in [3.8, 4) is 0 Å². The van der Waals surface area contributed by atoms with Gasteiger partial charge in [-0.3, -0.25) is 24.1 Å². The van der Waals surface area contributed by atoms with Gasteiger partial charge in [-0.25, -0.2) is 8.42 Å². The summed E-state index contributed by atoms with van der Waals surface area (Å²) in [5.74, 6) is 0.206. The van der Waals surface area contributed by atoms with Crippen molar-refractivity contribution in [2.45, 2.75) is 393 Å². The Morgan fingerprint density at radius 3 is 0.920 bits per heavy atom. The molecule has 1 saturated heterocycles. The number of rotatable bonds is 60. The van der Waals surface area contributed by atoms with Crippen LogP contribution in [0.1, 0.15) is 368 Å². The summed E-state index contributed by atoms with van der Waals surface area (Å²) in [6, 6.07) is 6.08. The number of quaternary nitrogens is 1. The van der Waals surface area contributed by atoms with Crippen molar-refractivity contribution in [2.24, 2.45) is 0 Å². The first-order valence-electron chi connectivity index (χ1n) is 37.6. The highest BCUT2D eigenvalue weighted by Gasteiger charge is 2.36. The monoisotopic (exact) mass is 1260 g/mol. The van der Waals surface area contributed by atoms with Crippen LogP contribution < -0.4 is 16.0 Å². The van der Waals surface area contributed by atoms with Gasteiger partial charge in [0.25, 0.3) is 0 Å². The lowest BCUT2D eigenvalue weighted by Gasteiger charge is -2.41. The normalized spacial score (nSPS) is 14.3. The van der Waals surface area contributed by atoms with E-state index in [2.05, 4.69) is 57.5 Å². The van der Waals surface area contributed by atoms with E-state index in [1.807, 2.05) is 11.8 Å². The first-order valence-corrected chi connectivity index (χ1v) is 39.0. The molecule has 0 spiro atoms. The number of hydrogen-bond donors (Lipinski definition) is 3. The Kier molecular flexibility index (Phi) is 53.5. The van der Waals surface area contributed by atoms with Crippen LogP contribution in [0.2, 0.25) is 0 Å². The fourth-order valence-corrected chi connectivity index (χ4v) is 13.1. The molecule has 13 heteroatoms. The summed E-state index contributed by atoms with van der Waals surface area (Å²) in [5.41, 5.74) is 0.928. The number of hydrogen-bond acceptors (Lipinski definition) is 7. The molecular formula is C75H141N5O7S. The second kappa shape index (κ2) is 56.7. The molecule has 0 radical (unpaired) electrons. The standard InChI is InChI=1S/C68H133N5O4.C7H8O3S/c1-7-10-13-16-19-22-25-28-31-34-37-40-43-46-50-62(4)69-65(74)54-58-73(61-72-57-49-53-68(72)77,59-55-66(75)70-63(5)51-47-44-41-38-35-32-29-26-23-20-17-14-11-8-2)60-56-67(76)71-64(6)52-48-45-42-39-36-33-30-27-24-21-18-15-12-9-3;1-6-2-4-7(5-3-6)11(8,9)10/h62-64H,7-61H2,1-6H3,(H2-,69,70,71,74,75,76);2-5H,1H3,(H,8,9,10). The maximum Gasteiger partial charge on any atom is 0.226 e. The predicted molar refractivity (Wildman–Crippen MR) is 371 cm³/mol. The maximum absolute atomic E-state index is 13.7. The second-order valence-electron chi connectivity index (χ2n) is 27.5. The van der Waals surface area contributed by atoms with Crippen molar-refractivity contribution in [1.29, 1.82) is 0 Å². The summed E-state index contributed by atoms with van der Waals surface area (Å²) in [6.45, 7) is 17.6. The summed E-state index contributed by atoms with van der Waals surface area (Å²) >= 11 is 0. The number of benzene rings is 1. The van der Waals surface area contributed by atoms with Crippen molar-refractivity contribution >= 4 is 33.7 Å². The van der Waals surface area contributed by atoms with Gasteiger partial charge in [-0.15, -0.1) is 0 Å². The van der Waals surface area contributed by atoms with Crippen molar-refractivity contribution in [3.05, 3.63) is 29.8 Å². The average Bonchev–Trinajstić information content (AvgIpc) is 3.62. The molecule has 0 aliphatic carbocycles. The van der Waals surface area contributed by atoms with E-state index in [0.29, 0.717) is 63.0 Å². The third kappa shape index (κ3) is 49.6. The van der Waals surface area contributed by atoms with Crippen LogP contribution in [-0.2, 0) is 29.3 Å². The summed E-state index contributed by atoms with van der Waals surface area (Å²) in [6.07, 6.45) is 61.3. The van der Waals surface area contributed by atoms with Gasteiger partial charge in [0, 0.05) is 31.1 Å². The SMILES string of the molecule is CCCCCCCCCCCCCCCCC(C)NC(=O)CC[N+](CCC(=O)NC(C)CCCCCCCCCCCCCCCC)(CCC(=O)NC(C)CCCCCCCCCCCCCCCC)CN1CCCC1=O.Cc1ccc(S(=O)(=O)[O-])cc1. The van der Waals surface area contributed by atoms with Crippen LogP contribution in [0.15, 0.2) is 29.2 Å². The van der Waals surface area contributed by atoms with E-state index in [0.717, 1.165) is 50.5 Å².